The van der Waals surface area contributed by atoms with Crippen molar-refractivity contribution in [1.82, 2.24) is 0 Å². The zero-order chi connectivity index (χ0) is 8.27. The van der Waals surface area contributed by atoms with E-state index in [0.717, 1.165) is 0 Å². The van der Waals surface area contributed by atoms with Crippen LogP contribution < -0.4 is 29.6 Å². The van der Waals surface area contributed by atoms with Crippen LogP contribution in [0.3, 0.4) is 0 Å². The summed E-state index contributed by atoms with van der Waals surface area (Å²) in [5.74, 6) is -1.19. The molecule has 1 rings (SSSR count). The zero-order valence-corrected chi connectivity index (χ0v) is 8.52. The number of aromatic hydroxyl groups is 1. The number of phenols is 1. The monoisotopic (exact) mass is 178 g/mol. The summed E-state index contributed by atoms with van der Waals surface area (Å²) in [5.41, 5.74) is -0.0602. The number of hydrogen-bond acceptors (Lipinski definition) is 4. The molecule has 5 heteroatoms. The van der Waals surface area contributed by atoms with Crippen LogP contribution in [-0.2, 0) is 4.89 Å². The van der Waals surface area contributed by atoms with Gasteiger partial charge in [-0.2, -0.15) is 5.26 Å². The molecule has 0 aliphatic carbocycles. The molecule has 0 aliphatic heterocycles. The first-order chi connectivity index (χ1) is 5.25. The third-order valence-electron chi connectivity index (χ3n) is 1.21. The average molecular weight is 178 g/mol. The predicted octanol–water partition coefficient (Wildman–Crippen LogP) is -1.86. The second kappa shape index (κ2) is 5.16. The van der Waals surface area contributed by atoms with Gasteiger partial charge >= 0.3 is 35.5 Å². The van der Waals surface area contributed by atoms with Gasteiger partial charge in [0.1, 0.15) is 11.3 Å². The van der Waals surface area contributed by atoms with Gasteiger partial charge in [0.2, 0.25) is 0 Å². The Morgan fingerprint density at radius 2 is 2.00 bits per heavy atom. The summed E-state index contributed by atoms with van der Waals surface area (Å²) < 4.78 is 0. The van der Waals surface area contributed by atoms with E-state index in [4.69, 9.17) is 10.4 Å². The second-order valence-electron chi connectivity index (χ2n) is 1.90. The number of carbonyl (C=O) groups excluding carboxylic acids is 1. The van der Waals surface area contributed by atoms with Crippen molar-refractivity contribution in [2.45, 2.75) is 0 Å². The van der Waals surface area contributed by atoms with E-state index in [1.54, 1.807) is 12.1 Å². The molecule has 0 atom stereocenters. The Hall–Kier alpha value is -0.550. The Morgan fingerprint density at radius 1 is 1.42 bits per heavy atom. The molecule has 0 unspecified atom stereocenters. The van der Waals surface area contributed by atoms with Gasteiger partial charge in [-0.15, -0.1) is 0 Å². The second-order valence-corrected chi connectivity index (χ2v) is 1.90. The summed E-state index contributed by atoms with van der Waals surface area (Å²) in [7, 11) is 0. The van der Waals surface area contributed by atoms with Gasteiger partial charge in [-0.05, 0) is 12.1 Å². The van der Waals surface area contributed by atoms with Crippen molar-refractivity contribution in [1.29, 1.82) is 0 Å². The third-order valence-corrected chi connectivity index (χ3v) is 1.21. The van der Waals surface area contributed by atoms with E-state index >= 15 is 0 Å². The fraction of sp³-hybridized carbons (Fsp3) is 0. The summed E-state index contributed by atoms with van der Waals surface area (Å²) in [5, 5.41) is 17.0. The molecular weight excluding hydrogens is 171 g/mol. The van der Waals surface area contributed by atoms with Gasteiger partial charge < -0.3 is 6.53 Å². The minimum absolute atomic E-state index is 0. The van der Waals surface area contributed by atoms with Crippen LogP contribution in [0.15, 0.2) is 24.3 Å². The fourth-order valence-corrected chi connectivity index (χ4v) is 0.695. The van der Waals surface area contributed by atoms with Crippen LogP contribution in [0, 0.1) is 0 Å². The standard InChI is InChI=1S/C7H6O4.Na.H/c8-6-4-2-1-3-5(6)7(9)11-10;;/h1-4,8,10H;;/q;+1;-1. The molecule has 0 aliphatic rings. The van der Waals surface area contributed by atoms with E-state index in [1.165, 1.54) is 12.1 Å². The maximum absolute atomic E-state index is 10.6. The van der Waals surface area contributed by atoms with Crippen LogP contribution in [0.1, 0.15) is 11.8 Å². The molecule has 0 fully saturated rings. The van der Waals surface area contributed by atoms with Crippen molar-refractivity contribution in [3.8, 4) is 5.75 Å². The van der Waals surface area contributed by atoms with Gasteiger partial charge in [0, 0.05) is 0 Å². The van der Waals surface area contributed by atoms with E-state index in [0.29, 0.717) is 0 Å². The molecule has 0 spiro atoms. The smallest absolute Gasteiger partial charge is 1.00 e. The molecular formula is C7H7NaO4. The van der Waals surface area contributed by atoms with Gasteiger partial charge in [-0.1, -0.05) is 12.1 Å². The Kier molecular flexibility index (Phi) is 4.92. The molecule has 0 saturated heterocycles. The van der Waals surface area contributed by atoms with E-state index in [9.17, 15) is 4.79 Å². The summed E-state index contributed by atoms with van der Waals surface area (Å²) in [6.07, 6.45) is 0. The molecule has 12 heavy (non-hydrogen) atoms. The number of carbonyl (C=O) groups is 1. The molecule has 0 saturated carbocycles. The number of rotatable bonds is 1. The Morgan fingerprint density at radius 3 is 2.50 bits per heavy atom. The maximum Gasteiger partial charge on any atom is 1.00 e. The van der Waals surface area contributed by atoms with Crippen LogP contribution in [0.4, 0.5) is 0 Å². The van der Waals surface area contributed by atoms with Gasteiger partial charge in [0.25, 0.3) is 0 Å². The summed E-state index contributed by atoms with van der Waals surface area (Å²) in [6, 6.07) is 5.77. The molecule has 2 N–H and O–H groups in total. The van der Waals surface area contributed by atoms with Crippen LogP contribution in [0.2, 0.25) is 0 Å². The van der Waals surface area contributed by atoms with Gasteiger partial charge in [0.05, 0.1) is 0 Å². The van der Waals surface area contributed by atoms with Crippen molar-refractivity contribution in [3.05, 3.63) is 29.8 Å². The Balaban J connectivity index is 0. The number of para-hydroxylation sites is 1. The first kappa shape index (κ1) is 11.4. The Bertz CT molecular complexity index is 279. The average Bonchev–Trinajstić information content (AvgIpc) is 2.04. The van der Waals surface area contributed by atoms with Crippen molar-refractivity contribution >= 4 is 5.97 Å². The SMILES string of the molecule is O=C(OO)c1ccccc1O.[H-].[Na+]. The molecule has 60 valence electrons. The first-order valence-electron chi connectivity index (χ1n) is 2.89. The van der Waals surface area contributed by atoms with Crippen molar-refractivity contribution in [3.63, 3.8) is 0 Å². The minimum Gasteiger partial charge on any atom is -1.00 e. The van der Waals surface area contributed by atoms with Crippen molar-refractivity contribution in [2.24, 2.45) is 0 Å². The summed E-state index contributed by atoms with van der Waals surface area (Å²) in [6.45, 7) is 0. The first-order valence-corrected chi connectivity index (χ1v) is 2.89. The van der Waals surface area contributed by atoms with Crippen molar-refractivity contribution < 1.29 is 51.0 Å². The van der Waals surface area contributed by atoms with E-state index in [2.05, 4.69) is 4.89 Å². The predicted molar refractivity (Wildman–Crippen MR) is 37.3 cm³/mol. The molecule has 0 bridgehead atoms. The molecule has 1 aromatic rings. The van der Waals surface area contributed by atoms with Gasteiger partial charge in [0.15, 0.2) is 0 Å². The maximum atomic E-state index is 10.6. The largest absolute Gasteiger partial charge is 1.00 e. The minimum atomic E-state index is -0.969. The molecule has 0 radical (unpaired) electrons. The quantitative estimate of drug-likeness (QED) is 0.300. The molecule has 0 aromatic heterocycles. The Labute approximate surface area is 92.5 Å². The zero-order valence-electron chi connectivity index (χ0n) is 7.52. The van der Waals surface area contributed by atoms with E-state index in [1.807, 2.05) is 0 Å². The van der Waals surface area contributed by atoms with Crippen LogP contribution in [0.5, 0.6) is 5.75 Å². The van der Waals surface area contributed by atoms with Crippen LogP contribution in [-0.4, -0.2) is 16.3 Å². The van der Waals surface area contributed by atoms with Gasteiger partial charge in [-0.25, -0.2) is 4.79 Å². The third kappa shape index (κ3) is 2.49. The molecule has 0 amide bonds. The number of phenolic OH excluding ortho intramolecular Hbond substituents is 1. The van der Waals surface area contributed by atoms with Crippen LogP contribution in [0.25, 0.3) is 0 Å². The molecule has 0 heterocycles. The normalized spacial score (nSPS) is 8.42. The molecule has 4 nitrogen and oxygen atoms in total. The van der Waals surface area contributed by atoms with Gasteiger partial charge in [-0.3, -0.25) is 4.89 Å². The topological polar surface area (TPSA) is 66.8 Å². The van der Waals surface area contributed by atoms with Crippen molar-refractivity contribution in [2.75, 3.05) is 0 Å². The molecule has 1 aromatic carbocycles. The van der Waals surface area contributed by atoms with E-state index in [-0.39, 0.29) is 42.3 Å². The number of hydrogen-bond donors (Lipinski definition) is 2. The fourth-order valence-electron chi connectivity index (χ4n) is 0.695. The summed E-state index contributed by atoms with van der Waals surface area (Å²) in [4.78, 5) is 14.0. The number of benzene rings is 1. The van der Waals surface area contributed by atoms with Crippen LogP contribution >= 0.6 is 0 Å². The summed E-state index contributed by atoms with van der Waals surface area (Å²) >= 11 is 0. The van der Waals surface area contributed by atoms with E-state index < -0.39 is 5.97 Å².